The minimum absolute atomic E-state index is 0.396. The zero-order valence-corrected chi connectivity index (χ0v) is 8.84. The molecular formula is C9H9F5N2O2. The Morgan fingerprint density at radius 1 is 1.33 bits per heavy atom. The Labute approximate surface area is 98.2 Å². The summed E-state index contributed by atoms with van der Waals surface area (Å²) >= 11 is 0. The van der Waals surface area contributed by atoms with E-state index in [1.165, 1.54) is 0 Å². The van der Waals surface area contributed by atoms with Crippen LogP contribution >= 0.6 is 0 Å². The Morgan fingerprint density at radius 3 is 2.33 bits per heavy atom. The molecule has 0 aliphatic rings. The average molecular weight is 272 g/mol. The molecule has 0 aliphatic carbocycles. The quantitative estimate of drug-likeness (QED) is 0.821. The van der Waals surface area contributed by atoms with Gasteiger partial charge in [-0.05, 0) is 5.56 Å². The maximum absolute atomic E-state index is 12.5. The van der Waals surface area contributed by atoms with Crippen LogP contribution in [0.15, 0.2) is 6.20 Å². The minimum Gasteiger partial charge on any atom is -0.392 e. The van der Waals surface area contributed by atoms with E-state index in [1.54, 1.807) is 0 Å². The van der Waals surface area contributed by atoms with E-state index in [9.17, 15) is 22.0 Å². The van der Waals surface area contributed by atoms with Gasteiger partial charge in [0.2, 0.25) is 5.88 Å². The van der Waals surface area contributed by atoms with Crippen LogP contribution < -0.4 is 10.5 Å². The van der Waals surface area contributed by atoms with Crippen LogP contribution in [0.3, 0.4) is 0 Å². The first kappa shape index (κ1) is 14.6. The predicted octanol–water partition coefficient (Wildman–Crippen LogP) is 1.87. The Bertz CT molecular complexity index is 422. The molecule has 0 fully saturated rings. The molecule has 1 heterocycles. The second-order valence-corrected chi connectivity index (χ2v) is 3.19. The molecule has 0 saturated carbocycles. The molecule has 0 amide bonds. The maximum Gasteiger partial charge on any atom is 0.574 e. The van der Waals surface area contributed by atoms with Crippen molar-refractivity contribution in [1.82, 2.24) is 4.98 Å². The van der Waals surface area contributed by atoms with Crippen LogP contribution in [0.25, 0.3) is 0 Å². The summed E-state index contributed by atoms with van der Waals surface area (Å²) in [5, 5.41) is 8.95. The molecule has 9 heteroatoms. The number of hydrogen-bond donors (Lipinski definition) is 2. The van der Waals surface area contributed by atoms with Crippen molar-refractivity contribution in [2.75, 3.05) is 0 Å². The maximum atomic E-state index is 12.5. The number of halogens is 5. The molecule has 0 radical (unpaired) electrons. The molecular weight excluding hydrogens is 263 g/mol. The van der Waals surface area contributed by atoms with Gasteiger partial charge in [0, 0.05) is 23.9 Å². The minimum atomic E-state index is -5.02. The van der Waals surface area contributed by atoms with Crippen molar-refractivity contribution in [3.05, 3.63) is 22.9 Å². The van der Waals surface area contributed by atoms with Crippen molar-refractivity contribution < 1.29 is 31.8 Å². The van der Waals surface area contributed by atoms with Crippen LogP contribution in [0, 0.1) is 0 Å². The van der Waals surface area contributed by atoms with Crippen LogP contribution in [0.2, 0.25) is 0 Å². The summed E-state index contributed by atoms with van der Waals surface area (Å²) in [7, 11) is 0. The van der Waals surface area contributed by atoms with Crippen molar-refractivity contribution in [3.8, 4) is 5.88 Å². The van der Waals surface area contributed by atoms with Crippen LogP contribution in [-0.2, 0) is 13.2 Å². The molecule has 1 aromatic heterocycles. The number of hydrogen-bond acceptors (Lipinski definition) is 4. The van der Waals surface area contributed by atoms with Gasteiger partial charge in [0.05, 0.1) is 6.61 Å². The fraction of sp³-hybridized carbons (Fsp3) is 0.444. The van der Waals surface area contributed by atoms with E-state index in [2.05, 4.69) is 9.72 Å². The normalized spacial score (nSPS) is 12.0. The molecule has 102 valence electrons. The first-order valence-corrected chi connectivity index (χ1v) is 4.65. The summed E-state index contributed by atoms with van der Waals surface area (Å²) < 4.78 is 64.8. The fourth-order valence-electron chi connectivity index (χ4n) is 1.37. The van der Waals surface area contributed by atoms with Gasteiger partial charge in [-0.3, -0.25) is 0 Å². The van der Waals surface area contributed by atoms with Crippen molar-refractivity contribution in [2.45, 2.75) is 25.9 Å². The van der Waals surface area contributed by atoms with Gasteiger partial charge in [-0.2, -0.15) is 0 Å². The number of alkyl halides is 5. The Kier molecular flexibility index (Phi) is 4.41. The van der Waals surface area contributed by atoms with Crippen LogP contribution in [0.1, 0.15) is 23.1 Å². The first-order chi connectivity index (χ1) is 8.30. The number of aliphatic hydroxyl groups excluding tert-OH is 1. The van der Waals surface area contributed by atoms with Gasteiger partial charge in [-0.1, -0.05) is 0 Å². The first-order valence-electron chi connectivity index (χ1n) is 4.65. The van der Waals surface area contributed by atoms with E-state index in [4.69, 9.17) is 10.8 Å². The lowest BCUT2D eigenvalue weighted by molar-refractivity contribution is -0.276. The zero-order chi connectivity index (χ0) is 13.9. The predicted molar refractivity (Wildman–Crippen MR) is 49.7 cm³/mol. The lowest BCUT2D eigenvalue weighted by Crippen LogP contribution is -2.21. The lowest BCUT2D eigenvalue weighted by Gasteiger charge is -2.16. The third-order valence-corrected chi connectivity index (χ3v) is 2.10. The van der Waals surface area contributed by atoms with Gasteiger partial charge < -0.3 is 15.6 Å². The van der Waals surface area contributed by atoms with Gasteiger partial charge in [0.1, 0.15) is 0 Å². The Balaban J connectivity index is 3.30. The van der Waals surface area contributed by atoms with Gasteiger partial charge in [0.15, 0.2) is 0 Å². The summed E-state index contributed by atoms with van der Waals surface area (Å²) in [5.74, 6) is -0.932. The number of rotatable bonds is 4. The highest BCUT2D eigenvalue weighted by Crippen LogP contribution is 2.32. The van der Waals surface area contributed by atoms with Gasteiger partial charge in [-0.15, -0.1) is 13.2 Å². The highest BCUT2D eigenvalue weighted by Gasteiger charge is 2.34. The second kappa shape index (κ2) is 5.44. The third-order valence-electron chi connectivity index (χ3n) is 2.10. The SMILES string of the molecule is NCc1c(OC(F)(F)F)ncc(C(F)F)c1CO. The van der Waals surface area contributed by atoms with Gasteiger partial charge in [0.25, 0.3) is 6.43 Å². The lowest BCUT2D eigenvalue weighted by atomic mass is 10.0. The molecule has 0 aromatic carbocycles. The number of nitrogens with zero attached hydrogens (tertiary/aromatic N) is 1. The van der Waals surface area contributed by atoms with Crippen molar-refractivity contribution in [3.63, 3.8) is 0 Å². The van der Waals surface area contributed by atoms with Gasteiger partial charge in [-0.25, -0.2) is 13.8 Å². The van der Waals surface area contributed by atoms with Crippen LogP contribution in [-0.4, -0.2) is 16.5 Å². The molecule has 0 saturated heterocycles. The summed E-state index contributed by atoms with van der Waals surface area (Å²) in [6.45, 7) is -1.40. The standard InChI is InChI=1S/C9H9F5N2O2/c10-7(11)5-2-16-8(18-9(12,13)14)4(1-15)6(5)3-17/h2,7,17H,1,3,15H2. The highest BCUT2D eigenvalue weighted by atomic mass is 19.4. The summed E-state index contributed by atoms with van der Waals surface area (Å²) in [5.41, 5.74) is 3.70. The molecule has 18 heavy (non-hydrogen) atoms. The van der Waals surface area contributed by atoms with Crippen molar-refractivity contribution >= 4 is 0 Å². The van der Waals surface area contributed by atoms with E-state index < -0.39 is 48.5 Å². The Hall–Kier alpha value is -1.48. The van der Waals surface area contributed by atoms with E-state index in [0.29, 0.717) is 6.20 Å². The van der Waals surface area contributed by atoms with Crippen LogP contribution in [0.5, 0.6) is 5.88 Å². The smallest absolute Gasteiger partial charge is 0.392 e. The summed E-state index contributed by atoms with van der Waals surface area (Å²) in [4.78, 5) is 3.15. The third kappa shape index (κ3) is 3.26. The number of ether oxygens (including phenoxy) is 1. The van der Waals surface area contributed by atoms with Crippen molar-refractivity contribution in [1.29, 1.82) is 0 Å². The van der Waals surface area contributed by atoms with Crippen molar-refractivity contribution in [2.24, 2.45) is 5.73 Å². The number of nitrogens with two attached hydrogens (primary N) is 1. The molecule has 0 aliphatic heterocycles. The summed E-state index contributed by atoms with van der Waals surface area (Å²) in [6, 6.07) is 0. The number of pyridine rings is 1. The molecule has 4 nitrogen and oxygen atoms in total. The molecule has 1 rings (SSSR count). The van der Waals surface area contributed by atoms with E-state index >= 15 is 0 Å². The Morgan fingerprint density at radius 2 is 1.94 bits per heavy atom. The van der Waals surface area contributed by atoms with E-state index in [1.807, 2.05) is 0 Å². The molecule has 0 atom stereocenters. The molecule has 0 spiro atoms. The van der Waals surface area contributed by atoms with Crippen LogP contribution in [0.4, 0.5) is 22.0 Å². The highest BCUT2D eigenvalue weighted by molar-refractivity contribution is 5.40. The number of aromatic nitrogens is 1. The molecule has 0 bridgehead atoms. The van der Waals surface area contributed by atoms with E-state index in [-0.39, 0.29) is 0 Å². The second-order valence-electron chi connectivity index (χ2n) is 3.19. The molecule has 0 unspecified atom stereocenters. The monoisotopic (exact) mass is 272 g/mol. The molecule has 3 N–H and O–H groups in total. The average Bonchev–Trinajstić information content (AvgIpc) is 2.25. The van der Waals surface area contributed by atoms with E-state index in [0.717, 1.165) is 0 Å². The largest absolute Gasteiger partial charge is 0.574 e. The van der Waals surface area contributed by atoms with Gasteiger partial charge >= 0.3 is 6.36 Å². The summed E-state index contributed by atoms with van der Waals surface area (Å²) in [6.07, 6.45) is -7.48. The topological polar surface area (TPSA) is 68.4 Å². The molecule has 1 aromatic rings. The number of aliphatic hydroxyl groups is 1. The fourth-order valence-corrected chi connectivity index (χ4v) is 1.37. The zero-order valence-electron chi connectivity index (χ0n) is 8.84.